The number of rotatable bonds is 3. The monoisotopic (exact) mass is 170 g/mol. The minimum absolute atomic E-state index is 0.627. The molecule has 0 bridgehead atoms. The van der Waals surface area contributed by atoms with Crippen LogP contribution in [0.2, 0.25) is 0 Å². The molecule has 0 spiro atoms. The first-order chi connectivity index (χ1) is 5.38. The Morgan fingerprint density at radius 2 is 2.18 bits per heavy atom. The summed E-state index contributed by atoms with van der Waals surface area (Å²) in [5.74, 6) is 0.627. The van der Waals surface area contributed by atoms with Crippen LogP contribution in [0.25, 0.3) is 0 Å². The summed E-state index contributed by atoms with van der Waals surface area (Å²) in [6.45, 7) is 2.56. The molecule has 4 heteroatoms. The van der Waals surface area contributed by atoms with Gasteiger partial charge in [-0.2, -0.15) is 0 Å². The van der Waals surface area contributed by atoms with Gasteiger partial charge < -0.3 is 4.74 Å². The van der Waals surface area contributed by atoms with Gasteiger partial charge in [0, 0.05) is 12.4 Å². The van der Waals surface area contributed by atoms with Gasteiger partial charge in [0.2, 0.25) is 5.88 Å². The van der Waals surface area contributed by atoms with Gasteiger partial charge in [-0.1, -0.05) is 0 Å². The van der Waals surface area contributed by atoms with Crippen molar-refractivity contribution >= 4 is 11.8 Å². The molecule has 0 saturated carbocycles. The van der Waals surface area contributed by atoms with Crippen LogP contribution in [0.15, 0.2) is 17.4 Å². The second-order valence-electron chi connectivity index (χ2n) is 1.80. The molecule has 11 heavy (non-hydrogen) atoms. The van der Waals surface area contributed by atoms with Crippen molar-refractivity contribution in [3.05, 3.63) is 12.4 Å². The van der Waals surface area contributed by atoms with Gasteiger partial charge >= 0.3 is 0 Å². The van der Waals surface area contributed by atoms with E-state index in [1.807, 2.05) is 13.2 Å². The fourth-order valence-corrected chi connectivity index (χ4v) is 1.14. The highest BCUT2D eigenvalue weighted by Crippen LogP contribution is 2.20. The maximum absolute atomic E-state index is 5.23. The number of aromatic nitrogens is 2. The Morgan fingerprint density at radius 3 is 2.82 bits per heavy atom. The Hall–Kier alpha value is -0.770. The first-order valence-electron chi connectivity index (χ1n) is 3.36. The van der Waals surface area contributed by atoms with Gasteiger partial charge in [-0.05, 0) is 13.2 Å². The Bertz CT molecular complexity index is 229. The van der Waals surface area contributed by atoms with Gasteiger partial charge in [-0.15, -0.1) is 11.8 Å². The van der Waals surface area contributed by atoms with Crippen LogP contribution >= 0.6 is 11.8 Å². The van der Waals surface area contributed by atoms with E-state index in [2.05, 4.69) is 9.97 Å². The van der Waals surface area contributed by atoms with E-state index in [9.17, 15) is 0 Å². The molecule has 1 aromatic rings. The molecule has 0 saturated heterocycles. The molecular formula is C7H10N2OS. The summed E-state index contributed by atoms with van der Waals surface area (Å²) in [5, 5.41) is 0.842. The third kappa shape index (κ3) is 2.08. The van der Waals surface area contributed by atoms with Crippen LogP contribution < -0.4 is 4.74 Å². The van der Waals surface area contributed by atoms with Gasteiger partial charge in [-0.3, -0.25) is 0 Å². The van der Waals surface area contributed by atoms with E-state index in [-0.39, 0.29) is 0 Å². The molecule has 0 radical (unpaired) electrons. The van der Waals surface area contributed by atoms with E-state index in [0.29, 0.717) is 12.5 Å². The number of nitrogens with zero attached hydrogens (tertiary/aromatic N) is 2. The number of hydrogen-bond donors (Lipinski definition) is 0. The molecule has 0 fully saturated rings. The van der Waals surface area contributed by atoms with E-state index >= 15 is 0 Å². The molecule has 0 aliphatic heterocycles. The fourth-order valence-electron chi connectivity index (χ4n) is 0.688. The smallest absolute Gasteiger partial charge is 0.246 e. The molecule has 1 aromatic heterocycles. The summed E-state index contributed by atoms with van der Waals surface area (Å²) in [6.07, 6.45) is 5.24. The topological polar surface area (TPSA) is 35.0 Å². The van der Waals surface area contributed by atoms with Gasteiger partial charge in [-0.25, -0.2) is 9.97 Å². The third-order valence-electron chi connectivity index (χ3n) is 1.11. The summed E-state index contributed by atoms with van der Waals surface area (Å²) in [6, 6.07) is 0. The lowest BCUT2D eigenvalue weighted by atomic mass is 10.7. The number of thioether (sulfide) groups is 1. The summed E-state index contributed by atoms with van der Waals surface area (Å²) in [7, 11) is 0. The molecule has 0 atom stereocenters. The SMILES string of the molecule is CCOc1nccnc1SC. The number of hydrogen-bond acceptors (Lipinski definition) is 4. The minimum atomic E-state index is 0.627. The van der Waals surface area contributed by atoms with Gasteiger partial charge in [0.05, 0.1) is 6.61 Å². The van der Waals surface area contributed by atoms with E-state index in [4.69, 9.17) is 4.74 Å². The zero-order valence-corrected chi connectivity index (χ0v) is 7.39. The second-order valence-corrected chi connectivity index (χ2v) is 2.60. The Labute approximate surface area is 70.2 Å². The zero-order valence-electron chi connectivity index (χ0n) is 6.57. The van der Waals surface area contributed by atoms with Crippen molar-refractivity contribution in [1.29, 1.82) is 0 Å². The molecule has 0 unspecified atom stereocenters. The average molecular weight is 170 g/mol. The van der Waals surface area contributed by atoms with Crippen LogP contribution in [0.1, 0.15) is 6.92 Å². The minimum Gasteiger partial charge on any atom is -0.476 e. The van der Waals surface area contributed by atoms with Gasteiger partial charge in [0.25, 0.3) is 0 Å². The Morgan fingerprint density at radius 1 is 1.45 bits per heavy atom. The lowest BCUT2D eigenvalue weighted by Gasteiger charge is -2.03. The molecule has 60 valence electrons. The lowest BCUT2D eigenvalue weighted by molar-refractivity contribution is 0.315. The highest BCUT2D eigenvalue weighted by molar-refractivity contribution is 7.98. The molecular weight excluding hydrogens is 160 g/mol. The van der Waals surface area contributed by atoms with Crippen LogP contribution in [0, 0.1) is 0 Å². The molecule has 1 heterocycles. The quantitative estimate of drug-likeness (QED) is 0.645. The maximum Gasteiger partial charge on any atom is 0.246 e. The van der Waals surface area contributed by atoms with Gasteiger partial charge in [0.1, 0.15) is 0 Å². The fraction of sp³-hybridized carbons (Fsp3) is 0.429. The molecule has 0 aliphatic carbocycles. The van der Waals surface area contributed by atoms with Gasteiger partial charge in [0.15, 0.2) is 5.03 Å². The maximum atomic E-state index is 5.23. The summed E-state index contributed by atoms with van der Waals surface area (Å²) in [5.41, 5.74) is 0. The predicted octanol–water partition coefficient (Wildman–Crippen LogP) is 1.60. The van der Waals surface area contributed by atoms with Crippen LogP contribution in [0.3, 0.4) is 0 Å². The number of ether oxygens (including phenoxy) is 1. The average Bonchev–Trinajstić information content (AvgIpc) is 2.06. The van der Waals surface area contributed by atoms with Crippen molar-refractivity contribution in [2.45, 2.75) is 11.9 Å². The zero-order chi connectivity index (χ0) is 8.10. The van der Waals surface area contributed by atoms with Crippen molar-refractivity contribution in [2.24, 2.45) is 0 Å². The largest absolute Gasteiger partial charge is 0.476 e. The summed E-state index contributed by atoms with van der Waals surface area (Å²) in [4.78, 5) is 8.12. The van der Waals surface area contributed by atoms with Crippen LogP contribution in [-0.4, -0.2) is 22.8 Å². The first kappa shape index (κ1) is 8.33. The highest BCUT2D eigenvalue weighted by Gasteiger charge is 2.02. The van der Waals surface area contributed by atoms with Crippen molar-refractivity contribution in [3.63, 3.8) is 0 Å². The lowest BCUT2D eigenvalue weighted by Crippen LogP contribution is -1.96. The molecule has 0 aromatic carbocycles. The molecule has 0 N–H and O–H groups in total. The Kier molecular flexibility index (Phi) is 3.16. The summed E-state index contributed by atoms with van der Waals surface area (Å²) >= 11 is 1.54. The third-order valence-corrected chi connectivity index (χ3v) is 1.77. The molecule has 0 aliphatic rings. The van der Waals surface area contributed by atoms with E-state index < -0.39 is 0 Å². The van der Waals surface area contributed by atoms with E-state index in [1.54, 1.807) is 12.4 Å². The van der Waals surface area contributed by atoms with Crippen LogP contribution in [0.4, 0.5) is 0 Å². The second kappa shape index (κ2) is 4.18. The summed E-state index contributed by atoms with van der Waals surface area (Å²) < 4.78 is 5.23. The normalized spacial score (nSPS) is 9.64. The molecule has 0 amide bonds. The molecule has 1 rings (SSSR count). The van der Waals surface area contributed by atoms with Crippen molar-refractivity contribution in [2.75, 3.05) is 12.9 Å². The highest BCUT2D eigenvalue weighted by atomic mass is 32.2. The van der Waals surface area contributed by atoms with E-state index in [0.717, 1.165) is 5.03 Å². The van der Waals surface area contributed by atoms with Crippen molar-refractivity contribution in [3.8, 4) is 5.88 Å². The predicted molar refractivity (Wildman–Crippen MR) is 45.0 cm³/mol. The van der Waals surface area contributed by atoms with Crippen LogP contribution in [0.5, 0.6) is 5.88 Å². The first-order valence-corrected chi connectivity index (χ1v) is 4.58. The Balaban J connectivity index is 2.83. The van der Waals surface area contributed by atoms with Crippen molar-refractivity contribution in [1.82, 2.24) is 9.97 Å². The standard InChI is InChI=1S/C7H10N2OS/c1-3-10-6-7(11-2)9-5-4-8-6/h4-5H,3H2,1-2H3. The van der Waals surface area contributed by atoms with E-state index in [1.165, 1.54) is 11.8 Å². The van der Waals surface area contributed by atoms with Crippen molar-refractivity contribution < 1.29 is 4.74 Å². The molecule has 3 nitrogen and oxygen atoms in total. The van der Waals surface area contributed by atoms with Crippen LogP contribution in [-0.2, 0) is 0 Å².